The van der Waals surface area contributed by atoms with E-state index in [9.17, 15) is 12.8 Å². The molecule has 27 heavy (non-hydrogen) atoms. The van der Waals surface area contributed by atoms with Crippen LogP contribution in [0, 0.1) is 12.7 Å². The molecule has 0 spiro atoms. The number of sulfonamides is 1. The SMILES string of the molecule is Cc1nn(C)c(Cl)c1S(=O)(=O)Nc1ccc(N2CC(C)OC(C)C2)c(F)c1. The third-order valence-electron chi connectivity index (χ3n) is 4.33. The van der Waals surface area contributed by atoms with E-state index in [1.807, 2.05) is 18.7 Å². The van der Waals surface area contributed by atoms with Crippen molar-refractivity contribution in [2.75, 3.05) is 22.7 Å². The number of halogens is 2. The molecule has 1 aromatic heterocycles. The lowest BCUT2D eigenvalue weighted by molar-refractivity contribution is -0.00539. The number of nitrogens with one attached hydrogen (secondary N) is 1. The molecule has 1 fully saturated rings. The van der Waals surface area contributed by atoms with E-state index in [-0.39, 0.29) is 33.6 Å². The lowest BCUT2D eigenvalue weighted by Gasteiger charge is -2.37. The van der Waals surface area contributed by atoms with Crippen LogP contribution in [-0.4, -0.2) is 43.5 Å². The van der Waals surface area contributed by atoms with E-state index >= 15 is 0 Å². The van der Waals surface area contributed by atoms with Crippen molar-refractivity contribution < 1.29 is 17.5 Å². The number of hydrogen-bond acceptors (Lipinski definition) is 5. The minimum atomic E-state index is -3.99. The maximum atomic E-state index is 14.7. The Hall–Kier alpha value is -1.84. The Labute approximate surface area is 163 Å². The molecule has 7 nitrogen and oxygen atoms in total. The highest BCUT2D eigenvalue weighted by atomic mass is 35.5. The van der Waals surface area contributed by atoms with Crippen LogP contribution in [0.3, 0.4) is 0 Å². The van der Waals surface area contributed by atoms with E-state index in [0.717, 1.165) is 6.07 Å². The van der Waals surface area contributed by atoms with Crippen molar-refractivity contribution in [3.05, 3.63) is 34.9 Å². The highest BCUT2D eigenvalue weighted by Crippen LogP contribution is 2.29. The van der Waals surface area contributed by atoms with Gasteiger partial charge in [-0.25, -0.2) is 12.8 Å². The third kappa shape index (κ3) is 4.04. The second-order valence-corrected chi connectivity index (χ2v) is 8.74. The molecule has 1 saturated heterocycles. The van der Waals surface area contributed by atoms with Gasteiger partial charge >= 0.3 is 0 Å². The number of morpholine rings is 1. The lowest BCUT2D eigenvalue weighted by atomic mass is 10.2. The van der Waals surface area contributed by atoms with Gasteiger partial charge in [0.1, 0.15) is 15.9 Å². The summed E-state index contributed by atoms with van der Waals surface area (Å²) in [6.45, 7) is 6.55. The topological polar surface area (TPSA) is 76.5 Å². The predicted octanol–water partition coefficient (Wildman–Crippen LogP) is 2.94. The Balaban J connectivity index is 1.86. The summed E-state index contributed by atoms with van der Waals surface area (Å²) in [6.07, 6.45) is -0.0240. The molecule has 2 atom stereocenters. The molecule has 10 heteroatoms. The molecule has 0 saturated carbocycles. The van der Waals surface area contributed by atoms with Gasteiger partial charge in [0.05, 0.1) is 29.3 Å². The fraction of sp³-hybridized carbons (Fsp3) is 0.471. The zero-order chi connectivity index (χ0) is 19.9. The van der Waals surface area contributed by atoms with Gasteiger partial charge in [-0.15, -0.1) is 0 Å². The number of benzene rings is 1. The van der Waals surface area contributed by atoms with Crippen LogP contribution >= 0.6 is 11.6 Å². The smallest absolute Gasteiger partial charge is 0.266 e. The van der Waals surface area contributed by atoms with Crippen LogP contribution in [0.15, 0.2) is 23.1 Å². The van der Waals surface area contributed by atoms with Gasteiger partial charge in [0.15, 0.2) is 0 Å². The molecule has 0 radical (unpaired) electrons. The van der Waals surface area contributed by atoms with Gasteiger partial charge in [0.25, 0.3) is 10.0 Å². The van der Waals surface area contributed by atoms with Crippen LogP contribution in [0.5, 0.6) is 0 Å². The van der Waals surface area contributed by atoms with E-state index in [1.54, 1.807) is 20.0 Å². The number of aromatic nitrogens is 2. The average Bonchev–Trinajstić information content (AvgIpc) is 2.79. The molecule has 1 N–H and O–H groups in total. The fourth-order valence-electron chi connectivity index (χ4n) is 3.32. The average molecular weight is 417 g/mol. The maximum Gasteiger partial charge on any atom is 0.266 e. The maximum absolute atomic E-state index is 14.7. The van der Waals surface area contributed by atoms with Crippen molar-refractivity contribution in [1.29, 1.82) is 0 Å². The molecular weight excluding hydrogens is 395 g/mol. The minimum absolute atomic E-state index is 0.00613. The standard InChI is InChI=1S/C17H22ClFN4O3S/c1-10-8-23(9-11(2)26-10)15-6-5-13(7-14(15)19)21-27(24,25)16-12(3)20-22(4)17(16)18/h5-7,10-11,21H,8-9H2,1-4H3. The molecule has 2 heterocycles. The molecule has 3 rings (SSSR count). The van der Waals surface area contributed by atoms with Crippen LogP contribution < -0.4 is 9.62 Å². The van der Waals surface area contributed by atoms with Crippen LogP contribution in [0.25, 0.3) is 0 Å². The Morgan fingerprint density at radius 3 is 2.44 bits per heavy atom. The summed E-state index contributed by atoms with van der Waals surface area (Å²) >= 11 is 6.04. The summed E-state index contributed by atoms with van der Waals surface area (Å²) < 4.78 is 49.3. The molecule has 2 aromatic rings. The molecule has 1 aliphatic rings. The fourth-order valence-corrected chi connectivity index (χ4v) is 5.13. The molecular formula is C17H22ClFN4O3S. The van der Waals surface area contributed by atoms with E-state index in [4.69, 9.17) is 16.3 Å². The summed E-state index contributed by atoms with van der Waals surface area (Å²) in [5.74, 6) is -0.509. The molecule has 148 valence electrons. The quantitative estimate of drug-likeness (QED) is 0.829. The lowest BCUT2D eigenvalue weighted by Crippen LogP contribution is -2.45. The van der Waals surface area contributed by atoms with Crippen molar-refractivity contribution in [2.24, 2.45) is 7.05 Å². The Bertz CT molecular complexity index is 953. The number of nitrogens with zero attached hydrogens (tertiary/aromatic N) is 3. The van der Waals surface area contributed by atoms with Crippen LogP contribution in [0.4, 0.5) is 15.8 Å². The van der Waals surface area contributed by atoms with Crippen LogP contribution in [-0.2, 0) is 21.8 Å². The van der Waals surface area contributed by atoms with Crippen molar-refractivity contribution in [3.63, 3.8) is 0 Å². The molecule has 0 amide bonds. The van der Waals surface area contributed by atoms with Gasteiger partial charge in [-0.05, 0) is 32.9 Å². The first-order valence-corrected chi connectivity index (χ1v) is 10.4. The molecule has 1 aromatic carbocycles. The van der Waals surface area contributed by atoms with Crippen molar-refractivity contribution >= 4 is 33.0 Å². The zero-order valence-electron chi connectivity index (χ0n) is 15.5. The number of aryl methyl sites for hydroxylation is 2. The summed E-state index contributed by atoms with van der Waals surface area (Å²) in [6, 6.07) is 4.26. The van der Waals surface area contributed by atoms with Gasteiger partial charge in [0.2, 0.25) is 0 Å². The van der Waals surface area contributed by atoms with E-state index in [0.29, 0.717) is 18.8 Å². The number of ether oxygens (including phenoxy) is 1. The van der Waals surface area contributed by atoms with E-state index < -0.39 is 15.8 Å². The Kier molecular flexibility index (Phi) is 5.38. The second-order valence-electron chi connectivity index (χ2n) is 6.76. The van der Waals surface area contributed by atoms with E-state index in [2.05, 4.69) is 9.82 Å². The molecule has 0 aliphatic carbocycles. The summed E-state index contributed by atoms with van der Waals surface area (Å²) in [5, 5.41) is 3.99. The third-order valence-corrected chi connectivity index (χ3v) is 6.41. The Morgan fingerprint density at radius 1 is 1.30 bits per heavy atom. The highest BCUT2D eigenvalue weighted by molar-refractivity contribution is 7.92. The van der Waals surface area contributed by atoms with Gasteiger partial charge in [-0.2, -0.15) is 5.10 Å². The number of rotatable bonds is 4. The number of hydrogen-bond donors (Lipinski definition) is 1. The van der Waals surface area contributed by atoms with Gasteiger partial charge < -0.3 is 9.64 Å². The zero-order valence-corrected chi connectivity index (χ0v) is 17.1. The van der Waals surface area contributed by atoms with Gasteiger partial charge in [-0.1, -0.05) is 11.6 Å². The highest BCUT2D eigenvalue weighted by Gasteiger charge is 2.27. The van der Waals surface area contributed by atoms with E-state index in [1.165, 1.54) is 10.7 Å². The largest absolute Gasteiger partial charge is 0.372 e. The molecule has 0 bridgehead atoms. The first-order chi connectivity index (χ1) is 12.6. The summed E-state index contributed by atoms with van der Waals surface area (Å²) in [7, 11) is -2.44. The van der Waals surface area contributed by atoms with Crippen LogP contribution in [0.2, 0.25) is 5.15 Å². The molecule has 1 aliphatic heterocycles. The second kappa shape index (κ2) is 7.29. The summed E-state index contributed by atoms with van der Waals surface area (Å²) in [4.78, 5) is 1.78. The minimum Gasteiger partial charge on any atom is -0.372 e. The van der Waals surface area contributed by atoms with Crippen molar-refractivity contribution in [3.8, 4) is 0 Å². The van der Waals surface area contributed by atoms with Gasteiger partial charge in [-0.3, -0.25) is 9.40 Å². The number of anilines is 2. The first-order valence-electron chi connectivity index (χ1n) is 8.50. The predicted molar refractivity (Wildman–Crippen MR) is 102 cm³/mol. The molecule has 2 unspecified atom stereocenters. The first kappa shape index (κ1) is 19.9. The summed E-state index contributed by atoms with van der Waals surface area (Å²) in [5.41, 5.74) is 0.795. The normalized spacial score (nSPS) is 20.7. The van der Waals surface area contributed by atoms with Gasteiger partial charge in [0, 0.05) is 26.2 Å². The monoisotopic (exact) mass is 416 g/mol. The van der Waals surface area contributed by atoms with Crippen molar-refractivity contribution in [1.82, 2.24) is 9.78 Å². The Morgan fingerprint density at radius 2 is 1.93 bits per heavy atom. The van der Waals surface area contributed by atoms with Crippen molar-refractivity contribution in [2.45, 2.75) is 37.9 Å². The van der Waals surface area contributed by atoms with Crippen LogP contribution in [0.1, 0.15) is 19.5 Å².